The maximum atomic E-state index is 14.4. The van der Waals surface area contributed by atoms with E-state index in [2.05, 4.69) is 10.1 Å². The maximum absolute atomic E-state index is 14.4. The van der Waals surface area contributed by atoms with Gasteiger partial charge in [-0.05, 0) is 37.6 Å². The monoisotopic (exact) mass is 419 g/mol. The second-order valence-corrected chi connectivity index (χ2v) is 6.83. The number of halogens is 5. The Kier molecular flexibility index (Phi) is 4.48. The van der Waals surface area contributed by atoms with E-state index >= 15 is 0 Å². The van der Waals surface area contributed by atoms with Gasteiger partial charge in [-0.3, -0.25) is 9.89 Å². The summed E-state index contributed by atoms with van der Waals surface area (Å²) >= 11 is 0. The van der Waals surface area contributed by atoms with E-state index in [4.69, 9.17) is 0 Å². The number of aromatic amines is 1. The molecule has 30 heavy (non-hydrogen) atoms. The number of aryl methyl sites for hydroxylation is 1. The van der Waals surface area contributed by atoms with Crippen LogP contribution in [0.15, 0.2) is 47.3 Å². The van der Waals surface area contributed by atoms with Gasteiger partial charge in [0.05, 0.1) is 11.3 Å². The molecule has 154 valence electrons. The molecule has 1 N–H and O–H groups in total. The number of hydrogen-bond donors (Lipinski definition) is 1. The lowest BCUT2D eigenvalue weighted by Gasteiger charge is -2.13. The molecular weight excluding hydrogens is 405 g/mol. The minimum atomic E-state index is -4.63. The van der Waals surface area contributed by atoms with Crippen molar-refractivity contribution in [1.82, 2.24) is 14.6 Å². The number of benzene rings is 2. The smallest absolute Gasteiger partial charge is 0.293 e. The summed E-state index contributed by atoms with van der Waals surface area (Å²) < 4.78 is 69.4. The van der Waals surface area contributed by atoms with E-state index in [1.165, 1.54) is 32.0 Å². The number of nitrogens with zero attached hydrogens (tertiary/aromatic N) is 2. The van der Waals surface area contributed by atoms with E-state index < -0.39 is 28.9 Å². The molecule has 0 spiro atoms. The van der Waals surface area contributed by atoms with E-state index in [1.807, 2.05) is 0 Å². The number of hydrogen-bond acceptors (Lipinski definition) is 2. The Morgan fingerprint density at radius 2 is 1.70 bits per heavy atom. The summed E-state index contributed by atoms with van der Waals surface area (Å²) in [5.74, 6) is -1.73. The van der Waals surface area contributed by atoms with Crippen LogP contribution in [-0.2, 0) is 6.18 Å². The predicted octanol–water partition coefficient (Wildman–Crippen LogP) is 5.27. The lowest BCUT2D eigenvalue weighted by Crippen LogP contribution is -2.19. The van der Waals surface area contributed by atoms with Crippen LogP contribution >= 0.6 is 0 Å². The normalized spacial score (nSPS) is 12.0. The Hall–Kier alpha value is -3.49. The zero-order valence-electron chi connectivity index (χ0n) is 15.7. The molecule has 0 saturated carbocycles. The summed E-state index contributed by atoms with van der Waals surface area (Å²) in [6.45, 7) is 2.93. The Bertz CT molecular complexity index is 1350. The number of aromatic nitrogens is 3. The molecular formula is C21H14F5N3O. The molecule has 0 saturated heterocycles. The Balaban J connectivity index is 2.09. The largest absolute Gasteiger partial charge is 0.417 e. The van der Waals surface area contributed by atoms with Gasteiger partial charge in [0.2, 0.25) is 0 Å². The quantitative estimate of drug-likeness (QED) is 0.450. The highest BCUT2D eigenvalue weighted by Gasteiger charge is 2.35. The molecule has 0 amide bonds. The molecule has 0 aliphatic rings. The summed E-state index contributed by atoms with van der Waals surface area (Å²) in [5, 5.41) is 2.74. The van der Waals surface area contributed by atoms with Crippen molar-refractivity contribution < 1.29 is 22.0 Å². The van der Waals surface area contributed by atoms with Crippen LogP contribution in [0.25, 0.3) is 28.0 Å². The van der Waals surface area contributed by atoms with E-state index in [1.54, 1.807) is 0 Å². The number of H-pyrrole nitrogens is 1. The van der Waals surface area contributed by atoms with Crippen molar-refractivity contribution in [2.24, 2.45) is 0 Å². The van der Waals surface area contributed by atoms with Crippen molar-refractivity contribution in [1.29, 1.82) is 0 Å². The van der Waals surface area contributed by atoms with Gasteiger partial charge in [-0.15, -0.1) is 0 Å². The van der Waals surface area contributed by atoms with Crippen molar-refractivity contribution in [2.75, 3.05) is 0 Å². The topological polar surface area (TPSA) is 50.2 Å². The van der Waals surface area contributed by atoms with Crippen LogP contribution in [0.1, 0.15) is 16.8 Å². The molecule has 0 unspecified atom stereocenters. The van der Waals surface area contributed by atoms with Crippen LogP contribution in [0.4, 0.5) is 22.0 Å². The average Bonchev–Trinajstić information content (AvgIpc) is 3.00. The Morgan fingerprint density at radius 1 is 1.00 bits per heavy atom. The van der Waals surface area contributed by atoms with E-state index in [0.717, 1.165) is 22.7 Å². The summed E-state index contributed by atoms with van der Waals surface area (Å²) in [4.78, 5) is 17.2. The molecule has 4 aromatic rings. The highest BCUT2D eigenvalue weighted by molar-refractivity contribution is 5.83. The Morgan fingerprint density at radius 3 is 2.37 bits per heavy atom. The molecule has 4 nitrogen and oxygen atoms in total. The molecule has 2 heterocycles. The summed E-state index contributed by atoms with van der Waals surface area (Å²) in [5.41, 5.74) is -1.51. The third-order valence-corrected chi connectivity index (χ3v) is 4.87. The molecule has 2 aromatic heterocycles. The average molecular weight is 419 g/mol. The van der Waals surface area contributed by atoms with Crippen molar-refractivity contribution >= 4 is 5.65 Å². The van der Waals surface area contributed by atoms with Gasteiger partial charge >= 0.3 is 6.18 Å². The first-order valence-electron chi connectivity index (χ1n) is 8.83. The maximum Gasteiger partial charge on any atom is 0.417 e. The van der Waals surface area contributed by atoms with Gasteiger partial charge in [-0.1, -0.05) is 18.2 Å². The first-order chi connectivity index (χ1) is 14.1. The zero-order valence-corrected chi connectivity index (χ0v) is 15.7. The number of fused-ring (bicyclic) bond motifs is 1. The number of rotatable bonds is 2. The molecule has 0 aliphatic carbocycles. The van der Waals surface area contributed by atoms with Crippen molar-refractivity contribution in [3.8, 4) is 22.4 Å². The molecule has 0 aliphatic heterocycles. The zero-order chi connectivity index (χ0) is 21.8. The predicted molar refractivity (Wildman–Crippen MR) is 101 cm³/mol. The van der Waals surface area contributed by atoms with Gasteiger partial charge < -0.3 is 0 Å². The molecule has 0 fully saturated rings. The van der Waals surface area contributed by atoms with Gasteiger partial charge in [-0.25, -0.2) is 18.3 Å². The highest BCUT2D eigenvalue weighted by Crippen LogP contribution is 2.39. The first-order valence-corrected chi connectivity index (χ1v) is 8.83. The van der Waals surface area contributed by atoms with Crippen LogP contribution in [0.2, 0.25) is 0 Å². The van der Waals surface area contributed by atoms with Crippen LogP contribution in [0.3, 0.4) is 0 Å². The standard InChI is InChI=1S/C21H14F5N3O/c1-10-18(14-8-7-12(22)9-16(14)23)27-19-17(11(2)28-29(19)20(10)30)13-5-3-4-6-15(13)21(24,25)26/h3-9,28H,1-2H3. The van der Waals surface area contributed by atoms with E-state index in [-0.39, 0.29) is 39.3 Å². The van der Waals surface area contributed by atoms with E-state index in [9.17, 15) is 26.7 Å². The number of alkyl halides is 3. The van der Waals surface area contributed by atoms with Gasteiger partial charge in [0.1, 0.15) is 11.6 Å². The number of nitrogens with one attached hydrogen (secondary N) is 1. The first kappa shape index (κ1) is 19.8. The molecule has 4 rings (SSSR count). The summed E-state index contributed by atoms with van der Waals surface area (Å²) in [7, 11) is 0. The van der Waals surface area contributed by atoms with Crippen molar-refractivity contribution in [3.63, 3.8) is 0 Å². The molecule has 0 radical (unpaired) electrons. The minimum absolute atomic E-state index is 0.0647. The fourth-order valence-corrected chi connectivity index (χ4v) is 3.48. The SMILES string of the molecule is Cc1[nH]n2c(=O)c(C)c(-c3ccc(F)cc3F)nc2c1-c1ccccc1C(F)(F)F. The second kappa shape index (κ2) is 6.79. The van der Waals surface area contributed by atoms with Gasteiger partial charge in [0.25, 0.3) is 5.56 Å². The van der Waals surface area contributed by atoms with Gasteiger partial charge in [0.15, 0.2) is 5.65 Å². The third-order valence-electron chi connectivity index (χ3n) is 4.87. The third kappa shape index (κ3) is 3.06. The van der Waals surface area contributed by atoms with Crippen molar-refractivity contribution in [3.05, 3.63) is 81.3 Å². The van der Waals surface area contributed by atoms with Crippen molar-refractivity contribution in [2.45, 2.75) is 20.0 Å². The fraction of sp³-hybridized carbons (Fsp3) is 0.143. The molecule has 0 atom stereocenters. The Labute approximate surface area is 166 Å². The van der Waals surface area contributed by atoms with Crippen LogP contribution in [-0.4, -0.2) is 14.6 Å². The van der Waals surface area contributed by atoms with Gasteiger partial charge in [0, 0.05) is 28.5 Å². The highest BCUT2D eigenvalue weighted by atomic mass is 19.4. The summed E-state index contributed by atoms with van der Waals surface area (Å²) in [6.07, 6.45) is -4.63. The lowest BCUT2D eigenvalue weighted by molar-refractivity contribution is -0.137. The fourth-order valence-electron chi connectivity index (χ4n) is 3.48. The van der Waals surface area contributed by atoms with Crippen LogP contribution < -0.4 is 5.56 Å². The van der Waals surface area contributed by atoms with Crippen LogP contribution in [0, 0.1) is 25.5 Å². The molecule has 9 heteroatoms. The molecule has 2 aromatic carbocycles. The van der Waals surface area contributed by atoms with E-state index in [0.29, 0.717) is 6.07 Å². The van der Waals surface area contributed by atoms with Crippen LogP contribution in [0.5, 0.6) is 0 Å². The summed E-state index contributed by atoms with van der Waals surface area (Å²) in [6, 6.07) is 7.73. The lowest BCUT2D eigenvalue weighted by atomic mass is 9.99. The minimum Gasteiger partial charge on any atom is -0.293 e. The second-order valence-electron chi connectivity index (χ2n) is 6.83. The molecule has 0 bridgehead atoms. The van der Waals surface area contributed by atoms with Gasteiger partial charge in [-0.2, -0.15) is 13.2 Å².